The Kier molecular flexibility index (Phi) is 5.47. The van der Waals surface area contributed by atoms with E-state index in [2.05, 4.69) is 22.3 Å². The molecule has 6 nitrogen and oxygen atoms in total. The van der Waals surface area contributed by atoms with Gasteiger partial charge >= 0.3 is 5.97 Å². The quantitative estimate of drug-likeness (QED) is 0.753. The summed E-state index contributed by atoms with van der Waals surface area (Å²) < 4.78 is 6.90. The van der Waals surface area contributed by atoms with Crippen LogP contribution in [0.5, 0.6) is 0 Å². The Morgan fingerprint density at radius 2 is 2.11 bits per heavy atom. The molecule has 1 aromatic heterocycles. The minimum Gasteiger partial charge on any atom is -0.465 e. The molecule has 0 saturated carbocycles. The summed E-state index contributed by atoms with van der Waals surface area (Å²) in [6, 6.07) is 0. The first-order chi connectivity index (χ1) is 8.92. The van der Waals surface area contributed by atoms with Gasteiger partial charge in [-0.1, -0.05) is 6.92 Å². The summed E-state index contributed by atoms with van der Waals surface area (Å²) in [5.41, 5.74) is -0.781. The Morgan fingerprint density at radius 1 is 1.42 bits per heavy atom. The first kappa shape index (κ1) is 15.6. The van der Waals surface area contributed by atoms with Crippen LogP contribution in [0, 0.1) is 13.8 Å². The SMILES string of the molecule is CCCNC(C)(Cn1nc(C)nc1C)C(=O)OCC. The molecule has 1 aromatic rings. The summed E-state index contributed by atoms with van der Waals surface area (Å²) in [7, 11) is 0. The molecule has 0 fully saturated rings. The van der Waals surface area contributed by atoms with Crippen LogP contribution in [-0.2, 0) is 16.1 Å². The molecule has 0 radical (unpaired) electrons. The van der Waals surface area contributed by atoms with Gasteiger partial charge in [0.2, 0.25) is 0 Å². The molecule has 1 N–H and O–H groups in total. The number of nitrogens with zero attached hydrogens (tertiary/aromatic N) is 3. The maximum atomic E-state index is 12.1. The summed E-state index contributed by atoms with van der Waals surface area (Å²) in [6.07, 6.45) is 0.949. The van der Waals surface area contributed by atoms with Crippen LogP contribution in [0.2, 0.25) is 0 Å². The van der Waals surface area contributed by atoms with E-state index in [0.29, 0.717) is 19.0 Å². The van der Waals surface area contributed by atoms with Gasteiger partial charge in [-0.15, -0.1) is 0 Å². The molecule has 0 bridgehead atoms. The maximum absolute atomic E-state index is 12.1. The molecule has 0 aromatic carbocycles. The Bertz CT molecular complexity index is 430. The smallest absolute Gasteiger partial charge is 0.327 e. The fraction of sp³-hybridized carbons (Fsp3) is 0.769. The summed E-state index contributed by atoms with van der Waals surface area (Å²) in [5.74, 6) is 1.25. The van der Waals surface area contributed by atoms with Crippen LogP contribution in [0.3, 0.4) is 0 Å². The van der Waals surface area contributed by atoms with Crippen molar-refractivity contribution in [3.8, 4) is 0 Å². The van der Waals surface area contributed by atoms with E-state index in [1.54, 1.807) is 4.68 Å². The van der Waals surface area contributed by atoms with Gasteiger partial charge in [0.1, 0.15) is 17.2 Å². The van der Waals surface area contributed by atoms with Gasteiger partial charge in [-0.3, -0.25) is 0 Å². The molecule has 1 atom stereocenters. The molecule has 0 aliphatic carbocycles. The first-order valence-corrected chi connectivity index (χ1v) is 6.73. The van der Waals surface area contributed by atoms with E-state index in [4.69, 9.17) is 4.74 Å². The molecule has 1 rings (SSSR count). The fourth-order valence-electron chi connectivity index (χ4n) is 1.89. The van der Waals surface area contributed by atoms with Crippen molar-refractivity contribution in [3.05, 3.63) is 11.6 Å². The number of aromatic nitrogens is 3. The Morgan fingerprint density at radius 3 is 2.58 bits per heavy atom. The average molecular weight is 268 g/mol. The van der Waals surface area contributed by atoms with Gasteiger partial charge in [-0.2, -0.15) is 5.10 Å². The van der Waals surface area contributed by atoms with Crippen molar-refractivity contribution in [1.29, 1.82) is 0 Å². The Balaban J connectivity index is 2.90. The van der Waals surface area contributed by atoms with E-state index in [1.165, 1.54) is 0 Å². The molecular formula is C13H24N4O2. The Hall–Kier alpha value is -1.43. The average Bonchev–Trinajstić information content (AvgIpc) is 2.65. The second kappa shape index (κ2) is 6.65. The normalized spacial score (nSPS) is 14.2. The van der Waals surface area contributed by atoms with Crippen molar-refractivity contribution < 1.29 is 9.53 Å². The number of hydrogen-bond donors (Lipinski definition) is 1. The van der Waals surface area contributed by atoms with Crippen LogP contribution < -0.4 is 5.32 Å². The molecule has 6 heteroatoms. The lowest BCUT2D eigenvalue weighted by molar-refractivity contribution is -0.151. The number of rotatable bonds is 7. The van der Waals surface area contributed by atoms with Crippen LogP contribution in [-0.4, -0.2) is 39.4 Å². The third kappa shape index (κ3) is 4.02. The highest BCUT2D eigenvalue weighted by Gasteiger charge is 2.35. The minimum absolute atomic E-state index is 0.254. The molecule has 0 aliphatic heterocycles. The number of nitrogens with one attached hydrogen (secondary N) is 1. The maximum Gasteiger partial charge on any atom is 0.327 e. The lowest BCUT2D eigenvalue weighted by Crippen LogP contribution is -2.54. The van der Waals surface area contributed by atoms with E-state index in [0.717, 1.165) is 18.8 Å². The zero-order valence-corrected chi connectivity index (χ0v) is 12.5. The summed E-state index contributed by atoms with van der Waals surface area (Å²) >= 11 is 0. The van der Waals surface area contributed by atoms with Crippen LogP contribution >= 0.6 is 0 Å². The highest BCUT2D eigenvalue weighted by molar-refractivity contribution is 5.80. The van der Waals surface area contributed by atoms with E-state index < -0.39 is 5.54 Å². The van der Waals surface area contributed by atoms with Gasteiger partial charge in [0.25, 0.3) is 0 Å². The van der Waals surface area contributed by atoms with E-state index >= 15 is 0 Å². The molecule has 19 heavy (non-hydrogen) atoms. The van der Waals surface area contributed by atoms with Gasteiger partial charge in [-0.05, 0) is 40.7 Å². The Labute approximate surface area is 114 Å². The zero-order chi connectivity index (χ0) is 14.5. The van der Waals surface area contributed by atoms with Crippen molar-refractivity contribution in [2.24, 2.45) is 0 Å². The van der Waals surface area contributed by atoms with Gasteiger partial charge in [0.05, 0.1) is 13.2 Å². The minimum atomic E-state index is -0.781. The molecule has 1 unspecified atom stereocenters. The summed E-state index contributed by atoms with van der Waals surface area (Å²) in [6.45, 7) is 11.0. The lowest BCUT2D eigenvalue weighted by atomic mass is 10.0. The first-order valence-electron chi connectivity index (χ1n) is 6.73. The zero-order valence-electron chi connectivity index (χ0n) is 12.5. The third-order valence-electron chi connectivity index (χ3n) is 2.92. The number of carbonyl (C=O) groups is 1. The molecular weight excluding hydrogens is 244 g/mol. The predicted octanol–water partition coefficient (Wildman–Crippen LogP) is 1.22. The van der Waals surface area contributed by atoms with Gasteiger partial charge in [-0.25, -0.2) is 14.5 Å². The topological polar surface area (TPSA) is 69.0 Å². The predicted molar refractivity (Wildman–Crippen MR) is 72.8 cm³/mol. The van der Waals surface area contributed by atoms with Crippen molar-refractivity contribution in [2.75, 3.05) is 13.2 Å². The summed E-state index contributed by atoms with van der Waals surface area (Å²) in [5, 5.41) is 7.56. The van der Waals surface area contributed by atoms with Crippen molar-refractivity contribution in [2.45, 2.75) is 53.1 Å². The van der Waals surface area contributed by atoms with Crippen molar-refractivity contribution >= 4 is 5.97 Å². The van der Waals surface area contributed by atoms with E-state index in [1.807, 2.05) is 27.7 Å². The van der Waals surface area contributed by atoms with Gasteiger partial charge in [0.15, 0.2) is 0 Å². The van der Waals surface area contributed by atoms with Crippen molar-refractivity contribution in [1.82, 2.24) is 20.1 Å². The number of carbonyl (C=O) groups excluding carboxylic acids is 1. The fourth-order valence-corrected chi connectivity index (χ4v) is 1.89. The van der Waals surface area contributed by atoms with Crippen LogP contribution in [0.1, 0.15) is 38.8 Å². The lowest BCUT2D eigenvalue weighted by Gasteiger charge is -2.28. The summed E-state index contributed by atoms with van der Waals surface area (Å²) in [4.78, 5) is 16.4. The largest absolute Gasteiger partial charge is 0.465 e. The van der Waals surface area contributed by atoms with Crippen molar-refractivity contribution in [3.63, 3.8) is 0 Å². The molecule has 1 heterocycles. The molecule has 108 valence electrons. The number of ether oxygens (including phenoxy) is 1. The number of aryl methyl sites for hydroxylation is 2. The molecule has 0 amide bonds. The van der Waals surface area contributed by atoms with Crippen LogP contribution in [0.25, 0.3) is 0 Å². The monoisotopic (exact) mass is 268 g/mol. The van der Waals surface area contributed by atoms with Crippen LogP contribution in [0.4, 0.5) is 0 Å². The second-order valence-corrected chi connectivity index (χ2v) is 4.84. The number of esters is 1. The van der Waals surface area contributed by atoms with Gasteiger partial charge < -0.3 is 10.1 Å². The van der Waals surface area contributed by atoms with Gasteiger partial charge in [0, 0.05) is 0 Å². The number of hydrogen-bond acceptors (Lipinski definition) is 5. The van der Waals surface area contributed by atoms with Crippen LogP contribution in [0.15, 0.2) is 0 Å². The highest BCUT2D eigenvalue weighted by atomic mass is 16.5. The second-order valence-electron chi connectivity index (χ2n) is 4.84. The highest BCUT2D eigenvalue weighted by Crippen LogP contribution is 2.12. The molecule has 0 spiro atoms. The third-order valence-corrected chi connectivity index (χ3v) is 2.92. The van der Waals surface area contributed by atoms with E-state index in [9.17, 15) is 4.79 Å². The van der Waals surface area contributed by atoms with E-state index in [-0.39, 0.29) is 5.97 Å². The standard InChI is InChI=1S/C13H24N4O2/c1-6-8-14-13(5,12(18)19-7-2)9-17-11(4)15-10(3)16-17/h14H,6-9H2,1-5H3. The molecule has 0 saturated heterocycles. The molecule has 0 aliphatic rings.